The van der Waals surface area contributed by atoms with Gasteiger partial charge in [0.2, 0.25) is 5.91 Å². The summed E-state index contributed by atoms with van der Waals surface area (Å²) in [6, 6.07) is -0.935. The summed E-state index contributed by atoms with van der Waals surface area (Å²) in [5.74, 6) is -0.246. The van der Waals surface area contributed by atoms with Gasteiger partial charge >= 0.3 is 0 Å². The Morgan fingerprint density at radius 3 is 1.20 bits per heavy atom. The van der Waals surface area contributed by atoms with E-state index in [1.54, 1.807) is 6.08 Å². The van der Waals surface area contributed by atoms with E-state index in [2.05, 4.69) is 79.9 Å². The zero-order chi connectivity index (χ0) is 66.6. The van der Waals surface area contributed by atoms with Crippen LogP contribution in [-0.4, -0.2) is 140 Å². The van der Waals surface area contributed by atoms with Crippen LogP contribution in [-0.2, 0) is 23.7 Å². The number of nitrogens with one attached hydrogen (secondary N) is 1. The number of carbonyl (C=O) groups is 1. The van der Waals surface area contributed by atoms with Gasteiger partial charge in [-0.25, -0.2) is 0 Å². The fraction of sp³-hybridized carbons (Fsp3) is 0.833. The fourth-order valence-electron chi connectivity index (χ4n) is 12.4. The lowest BCUT2D eigenvalue weighted by molar-refractivity contribution is -0.359. The molecule has 0 bridgehead atoms. The van der Waals surface area contributed by atoms with Crippen molar-refractivity contribution in [1.82, 2.24) is 5.32 Å². The molecule has 2 fully saturated rings. The zero-order valence-corrected chi connectivity index (χ0v) is 58.5. The number of ether oxygens (including phenoxy) is 4. The third kappa shape index (κ3) is 45.0. The monoisotopic (exact) mass is 1300 g/mol. The van der Waals surface area contributed by atoms with Crippen LogP contribution in [0.1, 0.15) is 322 Å². The number of unbranched alkanes of at least 4 members (excludes halogenated alkanes) is 40. The van der Waals surface area contributed by atoms with Crippen LogP contribution in [0.25, 0.3) is 0 Å². The van der Waals surface area contributed by atoms with Gasteiger partial charge in [-0.2, -0.15) is 0 Å². The van der Waals surface area contributed by atoms with Gasteiger partial charge in [-0.15, -0.1) is 0 Å². The number of aliphatic hydroxyl groups excluding tert-OH is 8. The van der Waals surface area contributed by atoms with E-state index in [1.165, 1.54) is 231 Å². The largest absolute Gasteiger partial charge is 0.394 e. The standard InChI is InChI=1S/C78H141NO13/c1-3-5-7-9-11-13-15-17-19-21-23-25-27-29-31-32-33-34-36-38-40-42-44-46-48-50-52-54-56-58-60-62-70(83)79-66(65-89-77-75(88)73(86)76(69(64-81)91-77)92-78-74(87)72(85)71(84)68(63-80)90-78)67(82)61-59-57-55-53-51-49-47-45-43-41-39-37-35-30-28-26-24-22-20-18-16-14-12-10-8-6-4-2/h5,7,11,13,17,19,23,25,51,53,59,61,66-69,71-78,80-82,84-88H,3-4,6,8-10,12,14-16,18,20-22,24,26-50,52,54-58,60,62-65H2,1-2H3,(H,79,83)/b7-5-,13-11-,19-17-,25-23-,53-51+,61-59+. The summed E-state index contributed by atoms with van der Waals surface area (Å²) in [7, 11) is 0. The van der Waals surface area contributed by atoms with Gasteiger partial charge in [0.15, 0.2) is 12.6 Å². The van der Waals surface area contributed by atoms with Gasteiger partial charge in [0.05, 0.1) is 32.0 Å². The van der Waals surface area contributed by atoms with Crippen molar-refractivity contribution in [3.63, 3.8) is 0 Å². The van der Waals surface area contributed by atoms with E-state index in [-0.39, 0.29) is 18.9 Å². The van der Waals surface area contributed by atoms with E-state index in [0.717, 1.165) is 57.8 Å². The lowest BCUT2D eigenvalue weighted by Crippen LogP contribution is -2.65. The van der Waals surface area contributed by atoms with Gasteiger partial charge in [-0.1, -0.05) is 318 Å². The summed E-state index contributed by atoms with van der Waals surface area (Å²) in [6.07, 6.45) is 68.3. The molecular formula is C78H141NO13. The highest BCUT2D eigenvalue weighted by atomic mass is 16.7. The van der Waals surface area contributed by atoms with Crippen molar-refractivity contribution in [3.05, 3.63) is 72.9 Å². The van der Waals surface area contributed by atoms with E-state index >= 15 is 0 Å². The molecule has 9 N–H and O–H groups in total. The van der Waals surface area contributed by atoms with Crippen molar-refractivity contribution >= 4 is 5.91 Å². The van der Waals surface area contributed by atoms with E-state index in [0.29, 0.717) is 12.8 Å². The van der Waals surface area contributed by atoms with Crippen LogP contribution in [0.4, 0.5) is 0 Å². The first-order chi connectivity index (χ1) is 45.1. The Bertz CT molecular complexity index is 1820. The number of carbonyl (C=O) groups excluding carboxylic acids is 1. The molecule has 536 valence electrons. The fourth-order valence-corrected chi connectivity index (χ4v) is 12.4. The minimum absolute atomic E-state index is 0.246. The first kappa shape index (κ1) is 85.5. The summed E-state index contributed by atoms with van der Waals surface area (Å²) >= 11 is 0. The highest BCUT2D eigenvalue weighted by molar-refractivity contribution is 5.76. The lowest BCUT2D eigenvalue weighted by atomic mass is 9.97. The highest BCUT2D eigenvalue weighted by Crippen LogP contribution is 2.30. The average molecular weight is 1300 g/mol. The summed E-state index contributed by atoms with van der Waals surface area (Å²) in [5, 5.41) is 87.6. The molecule has 12 atom stereocenters. The van der Waals surface area contributed by atoms with Crippen LogP contribution in [0, 0.1) is 0 Å². The molecule has 14 nitrogen and oxygen atoms in total. The Labute approximate surface area is 561 Å². The molecule has 0 spiro atoms. The molecular weight excluding hydrogens is 1160 g/mol. The van der Waals surface area contributed by atoms with Crippen molar-refractivity contribution in [2.24, 2.45) is 0 Å². The zero-order valence-electron chi connectivity index (χ0n) is 58.5. The van der Waals surface area contributed by atoms with Crippen LogP contribution >= 0.6 is 0 Å². The number of allylic oxidation sites excluding steroid dienone is 11. The molecule has 2 saturated heterocycles. The van der Waals surface area contributed by atoms with E-state index in [4.69, 9.17) is 18.9 Å². The Morgan fingerprint density at radius 1 is 0.402 bits per heavy atom. The molecule has 1 amide bonds. The number of rotatable bonds is 63. The third-order valence-electron chi connectivity index (χ3n) is 18.4. The van der Waals surface area contributed by atoms with Gasteiger partial charge in [0.25, 0.3) is 0 Å². The average Bonchev–Trinajstić information content (AvgIpc) is 0.844. The Balaban J connectivity index is 1.65. The van der Waals surface area contributed by atoms with Crippen molar-refractivity contribution in [1.29, 1.82) is 0 Å². The summed E-state index contributed by atoms with van der Waals surface area (Å²) in [5.41, 5.74) is 0. The van der Waals surface area contributed by atoms with Gasteiger partial charge < -0.3 is 65.1 Å². The van der Waals surface area contributed by atoms with Crippen molar-refractivity contribution < 1.29 is 64.6 Å². The van der Waals surface area contributed by atoms with Crippen molar-refractivity contribution in [2.75, 3.05) is 19.8 Å². The second-order valence-corrected chi connectivity index (χ2v) is 26.7. The number of aliphatic hydroxyl groups is 8. The molecule has 0 aromatic carbocycles. The van der Waals surface area contributed by atoms with Gasteiger partial charge in [0, 0.05) is 6.42 Å². The Kier molecular flexibility index (Phi) is 57.6. The predicted octanol–water partition coefficient (Wildman–Crippen LogP) is 16.6. The maximum atomic E-state index is 13.4. The lowest BCUT2D eigenvalue weighted by Gasteiger charge is -2.46. The van der Waals surface area contributed by atoms with Crippen LogP contribution < -0.4 is 5.32 Å². The highest BCUT2D eigenvalue weighted by Gasteiger charge is 2.51. The first-order valence-electron chi connectivity index (χ1n) is 38.2. The molecule has 0 aromatic rings. The molecule has 2 aliphatic rings. The molecule has 2 aliphatic heterocycles. The first-order valence-corrected chi connectivity index (χ1v) is 38.2. The molecule has 12 unspecified atom stereocenters. The van der Waals surface area contributed by atoms with Gasteiger partial charge in [-0.05, 0) is 70.6 Å². The summed E-state index contributed by atoms with van der Waals surface area (Å²) < 4.78 is 22.9. The smallest absolute Gasteiger partial charge is 0.220 e. The second kappa shape index (κ2) is 62.0. The van der Waals surface area contributed by atoms with Crippen LogP contribution in [0.5, 0.6) is 0 Å². The molecule has 0 saturated carbocycles. The molecule has 14 heteroatoms. The number of amides is 1. The number of hydrogen-bond donors (Lipinski definition) is 9. The van der Waals surface area contributed by atoms with Gasteiger partial charge in [-0.3, -0.25) is 4.79 Å². The molecule has 0 aromatic heterocycles. The molecule has 0 radical (unpaired) electrons. The Hall–Kier alpha value is -2.57. The number of hydrogen-bond acceptors (Lipinski definition) is 13. The summed E-state index contributed by atoms with van der Waals surface area (Å²) in [6.45, 7) is 2.71. The minimum atomic E-state index is -1.79. The van der Waals surface area contributed by atoms with Crippen LogP contribution in [0.2, 0.25) is 0 Å². The van der Waals surface area contributed by atoms with Gasteiger partial charge in [0.1, 0.15) is 48.8 Å². The third-order valence-corrected chi connectivity index (χ3v) is 18.4. The van der Waals surface area contributed by atoms with E-state index < -0.39 is 86.8 Å². The van der Waals surface area contributed by atoms with E-state index in [1.807, 2.05) is 6.08 Å². The minimum Gasteiger partial charge on any atom is -0.394 e. The van der Waals surface area contributed by atoms with Crippen LogP contribution in [0.15, 0.2) is 72.9 Å². The molecule has 2 rings (SSSR count). The van der Waals surface area contributed by atoms with Crippen molar-refractivity contribution in [2.45, 2.75) is 396 Å². The summed E-state index contributed by atoms with van der Waals surface area (Å²) in [4.78, 5) is 13.4. The van der Waals surface area contributed by atoms with Crippen LogP contribution in [0.3, 0.4) is 0 Å². The maximum Gasteiger partial charge on any atom is 0.220 e. The molecule has 0 aliphatic carbocycles. The SMILES string of the molecule is CC/C=C\C/C=C\C/C=C\C/C=C\CCCCCCCCCCCCCCCCCCCCC(=O)NC(COC1OC(CO)C(OC2OC(CO)C(O)C(O)C2O)C(O)C1O)C(O)/C=C/CC/C=C/CCCCCCCCCCCCCCCCCCCCCCC. The normalized spacial score (nSPS) is 23.1. The van der Waals surface area contributed by atoms with Crippen molar-refractivity contribution in [3.8, 4) is 0 Å². The topological polar surface area (TPSA) is 228 Å². The van der Waals surface area contributed by atoms with E-state index in [9.17, 15) is 45.6 Å². The quantitative estimate of drug-likeness (QED) is 0.0204. The molecule has 2 heterocycles. The Morgan fingerprint density at radius 2 is 0.761 bits per heavy atom. The predicted molar refractivity (Wildman–Crippen MR) is 378 cm³/mol. The second-order valence-electron chi connectivity index (χ2n) is 26.7. The molecule has 92 heavy (non-hydrogen) atoms. The maximum absolute atomic E-state index is 13.4.